The van der Waals surface area contributed by atoms with Crippen molar-refractivity contribution in [1.29, 1.82) is 0 Å². The fourth-order valence-corrected chi connectivity index (χ4v) is 3.94. The van der Waals surface area contributed by atoms with Gasteiger partial charge in [0.1, 0.15) is 5.75 Å². The average Bonchev–Trinajstić information content (AvgIpc) is 3.32. The van der Waals surface area contributed by atoms with E-state index in [0.717, 1.165) is 5.56 Å². The van der Waals surface area contributed by atoms with Gasteiger partial charge in [-0.2, -0.15) is 0 Å². The molecule has 2 atom stereocenters. The first-order chi connectivity index (χ1) is 14.8. The van der Waals surface area contributed by atoms with E-state index in [1.807, 2.05) is 18.2 Å². The topological polar surface area (TPSA) is 109 Å². The molecule has 0 saturated carbocycles. The van der Waals surface area contributed by atoms with Gasteiger partial charge in [0, 0.05) is 0 Å². The van der Waals surface area contributed by atoms with Crippen LogP contribution in [-0.4, -0.2) is 27.8 Å². The van der Waals surface area contributed by atoms with Crippen molar-refractivity contribution in [3.8, 4) is 17.2 Å². The van der Waals surface area contributed by atoms with Crippen molar-refractivity contribution < 1.29 is 18.8 Å². The van der Waals surface area contributed by atoms with Gasteiger partial charge in [0.05, 0.1) is 18.3 Å². The summed E-state index contributed by atoms with van der Waals surface area (Å²) in [6, 6.07) is 10.2. The number of benzene rings is 2. The Hall–Kier alpha value is -3.58. The number of fused-ring (bicyclic) bond motifs is 1. The van der Waals surface area contributed by atoms with Crippen molar-refractivity contribution >= 4 is 34.2 Å². The van der Waals surface area contributed by atoms with E-state index < -0.39 is 11.2 Å². The molecular formula is C21H21N5O4S. The van der Waals surface area contributed by atoms with Crippen LogP contribution in [0.5, 0.6) is 17.2 Å². The third-order valence-electron chi connectivity index (χ3n) is 4.83. The van der Waals surface area contributed by atoms with Crippen molar-refractivity contribution in [1.82, 2.24) is 5.32 Å². The number of hydrogen-bond donors (Lipinski definition) is 3. The second-order valence-corrected chi connectivity index (χ2v) is 8.90. The molecule has 10 heteroatoms. The van der Waals surface area contributed by atoms with Crippen LogP contribution in [0.15, 0.2) is 45.2 Å². The Morgan fingerprint density at radius 1 is 1.16 bits per heavy atom. The highest BCUT2D eigenvalue weighted by Gasteiger charge is 2.32. The van der Waals surface area contributed by atoms with Crippen molar-refractivity contribution in [3.05, 3.63) is 53.4 Å². The predicted molar refractivity (Wildman–Crippen MR) is 119 cm³/mol. The van der Waals surface area contributed by atoms with E-state index in [9.17, 15) is 9.32 Å². The summed E-state index contributed by atoms with van der Waals surface area (Å²) in [7, 11) is 0. The predicted octanol–water partition coefficient (Wildman–Crippen LogP) is 3.85. The summed E-state index contributed by atoms with van der Waals surface area (Å²) >= 11 is -1.81. The Balaban J connectivity index is 1.63. The summed E-state index contributed by atoms with van der Waals surface area (Å²) < 4.78 is 31.1. The third kappa shape index (κ3) is 4.18. The maximum Gasteiger partial charge on any atom is 0.269 e. The SMILES string of the molecule is [C-]#[N+]c1cccc(NC2=NS(=O)N=C2N[C@@H](c2ccc3c(c2)OCO3)C(C)(C)C)c1O. The third-order valence-corrected chi connectivity index (χ3v) is 5.51. The number of anilines is 1. The zero-order chi connectivity index (χ0) is 22.2. The molecule has 2 aromatic rings. The van der Waals surface area contributed by atoms with Crippen molar-refractivity contribution in [2.24, 2.45) is 14.2 Å². The molecule has 0 amide bonds. The molecule has 4 rings (SSSR count). The molecule has 2 aliphatic heterocycles. The van der Waals surface area contributed by atoms with Gasteiger partial charge < -0.3 is 25.2 Å². The van der Waals surface area contributed by atoms with Gasteiger partial charge in [0.25, 0.3) is 11.2 Å². The largest absolute Gasteiger partial charge is 0.517 e. The smallest absolute Gasteiger partial charge is 0.269 e. The average molecular weight is 439 g/mol. The van der Waals surface area contributed by atoms with E-state index in [4.69, 9.17) is 16.0 Å². The fourth-order valence-electron chi connectivity index (χ4n) is 3.32. The van der Waals surface area contributed by atoms with Crippen LogP contribution in [0.25, 0.3) is 4.85 Å². The van der Waals surface area contributed by atoms with E-state index in [2.05, 4.69) is 45.0 Å². The van der Waals surface area contributed by atoms with Crippen LogP contribution in [-0.2, 0) is 11.2 Å². The van der Waals surface area contributed by atoms with Crippen molar-refractivity contribution in [2.75, 3.05) is 12.1 Å². The Morgan fingerprint density at radius 2 is 1.90 bits per heavy atom. The molecular weight excluding hydrogens is 418 g/mol. The zero-order valence-corrected chi connectivity index (χ0v) is 18.0. The van der Waals surface area contributed by atoms with Gasteiger partial charge in [-0.1, -0.05) is 39.0 Å². The minimum Gasteiger partial charge on any atom is -0.517 e. The molecule has 2 aliphatic rings. The second kappa shape index (κ2) is 7.92. The molecule has 9 nitrogen and oxygen atoms in total. The summed E-state index contributed by atoms with van der Waals surface area (Å²) in [5.41, 5.74) is 1.06. The Morgan fingerprint density at radius 3 is 2.65 bits per heavy atom. The molecule has 0 aliphatic carbocycles. The molecule has 0 spiro atoms. The highest BCUT2D eigenvalue weighted by Crippen LogP contribution is 2.39. The van der Waals surface area contributed by atoms with Gasteiger partial charge in [-0.05, 0) is 29.2 Å². The van der Waals surface area contributed by atoms with Gasteiger partial charge >= 0.3 is 0 Å². The monoisotopic (exact) mass is 439 g/mol. The number of phenols is 1. The van der Waals surface area contributed by atoms with Crippen LogP contribution in [0.3, 0.4) is 0 Å². The second-order valence-electron chi connectivity index (χ2n) is 8.08. The lowest BCUT2D eigenvalue weighted by atomic mass is 9.82. The molecule has 160 valence electrons. The molecule has 0 fully saturated rings. The van der Waals surface area contributed by atoms with E-state index in [0.29, 0.717) is 17.3 Å². The highest BCUT2D eigenvalue weighted by molar-refractivity contribution is 7.83. The number of phenolic OH excluding ortho intramolecular Hbond substituents is 1. The van der Waals surface area contributed by atoms with Crippen molar-refractivity contribution in [2.45, 2.75) is 26.8 Å². The molecule has 2 aromatic carbocycles. The maximum atomic E-state index is 12.1. The first-order valence-electron chi connectivity index (χ1n) is 9.48. The van der Waals surface area contributed by atoms with Gasteiger partial charge in [0.2, 0.25) is 12.5 Å². The molecule has 1 unspecified atom stereocenters. The lowest BCUT2D eigenvalue weighted by Gasteiger charge is -2.32. The molecule has 0 bridgehead atoms. The normalized spacial score (nSPS) is 18.1. The minimum absolute atomic E-state index is 0.101. The number of aromatic hydroxyl groups is 1. The summed E-state index contributed by atoms with van der Waals surface area (Å²) in [6.45, 7) is 13.5. The number of nitrogens with one attached hydrogen (secondary N) is 2. The number of rotatable bonds is 3. The van der Waals surface area contributed by atoms with Crippen LogP contribution in [0, 0.1) is 12.0 Å². The minimum atomic E-state index is -1.81. The number of nitrogens with zero attached hydrogens (tertiary/aromatic N) is 3. The number of ether oxygens (including phenoxy) is 2. The maximum absolute atomic E-state index is 12.1. The van der Waals surface area contributed by atoms with Gasteiger partial charge in [-0.3, -0.25) is 0 Å². The van der Waals surface area contributed by atoms with Crippen LogP contribution >= 0.6 is 0 Å². The summed E-state index contributed by atoms with van der Waals surface area (Å²) in [4.78, 5) is 3.28. The lowest BCUT2D eigenvalue weighted by molar-refractivity contribution is 0.174. The quantitative estimate of drug-likeness (QED) is 0.495. The van der Waals surface area contributed by atoms with Crippen LogP contribution in [0.1, 0.15) is 32.4 Å². The summed E-state index contributed by atoms with van der Waals surface area (Å²) in [6.07, 6.45) is 0. The number of amidine groups is 2. The number of para-hydroxylation sites is 1. The highest BCUT2D eigenvalue weighted by atomic mass is 32.2. The molecule has 31 heavy (non-hydrogen) atoms. The van der Waals surface area contributed by atoms with Crippen LogP contribution in [0.4, 0.5) is 11.4 Å². The van der Waals surface area contributed by atoms with Crippen molar-refractivity contribution in [3.63, 3.8) is 0 Å². The molecule has 0 saturated heterocycles. The standard InChI is InChI=1S/C21H21N5O4S/c1-21(2,3)18(12-8-9-15-16(10-12)30-11-29-15)24-20-19(25-31(28)26-20)23-14-7-5-6-13(22-4)17(14)27/h5-10,18,27H,11H2,1-3H3,(H,23,25)(H,24,26)/t18-,31?/m0/s1. The van der Waals surface area contributed by atoms with E-state index in [-0.39, 0.29) is 41.2 Å². The molecule has 2 heterocycles. The van der Waals surface area contributed by atoms with E-state index in [1.165, 1.54) is 6.07 Å². The van der Waals surface area contributed by atoms with E-state index in [1.54, 1.807) is 12.1 Å². The Labute approximate surface area is 182 Å². The van der Waals surface area contributed by atoms with Crippen LogP contribution in [0.2, 0.25) is 0 Å². The van der Waals surface area contributed by atoms with Gasteiger partial charge in [-0.15, -0.1) is 8.80 Å². The Bertz CT molecular complexity index is 1160. The summed E-state index contributed by atoms with van der Waals surface area (Å²) in [5.74, 6) is 1.66. The molecule has 3 N–H and O–H groups in total. The Kier molecular flexibility index (Phi) is 5.29. The van der Waals surface area contributed by atoms with E-state index >= 15 is 0 Å². The molecule has 0 aromatic heterocycles. The van der Waals surface area contributed by atoms with Gasteiger partial charge in [-0.25, -0.2) is 9.05 Å². The number of hydrogen-bond acceptors (Lipinski definition) is 6. The van der Waals surface area contributed by atoms with Gasteiger partial charge in [0.15, 0.2) is 23.2 Å². The zero-order valence-electron chi connectivity index (χ0n) is 17.2. The summed E-state index contributed by atoms with van der Waals surface area (Å²) in [5, 5.41) is 16.6. The lowest BCUT2D eigenvalue weighted by Crippen LogP contribution is -2.41. The first-order valence-corrected chi connectivity index (χ1v) is 10.5. The molecule has 0 radical (unpaired) electrons. The van der Waals surface area contributed by atoms with Crippen LogP contribution < -0.4 is 20.1 Å². The fraction of sp³-hybridized carbons (Fsp3) is 0.286. The first kappa shape index (κ1) is 20.7.